The minimum atomic E-state index is -0.278. The number of hydrogen-bond acceptors (Lipinski definition) is 8. The number of ether oxygens (including phenoxy) is 2. The van der Waals surface area contributed by atoms with Gasteiger partial charge in [0.25, 0.3) is 5.56 Å². The third-order valence-corrected chi connectivity index (χ3v) is 5.74. The lowest BCUT2D eigenvalue weighted by atomic mass is 10.2. The van der Waals surface area contributed by atoms with E-state index in [9.17, 15) is 9.59 Å². The normalized spacial score (nSPS) is 12.3. The third-order valence-electron chi connectivity index (χ3n) is 4.65. The maximum Gasteiger partial charge on any atom is 0.273 e. The Kier molecular flexibility index (Phi) is 5.34. The molecule has 0 saturated carbocycles. The molecule has 9 nitrogen and oxygen atoms in total. The minimum absolute atomic E-state index is 0.106. The first-order valence-electron chi connectivity index (χ1n) is 9.35. The maximum absolute atomic E-state index is 12.7. The maximum atomic E-state index is 12.7. The Labute approximate surface area is 170 Å². The number of anilines is 1. The van der Waals surface area contributed by atoms with Crippen LogP contribution in [0.25, 0.3) is 10.3 Å². The molecule has 1 aliphatic rings. The van der Waals surface area contributed by atoms with Crippen LogP contribution in [-0.2, 0) is 17.9 Å². The largest absolute Gasteiger partial charge is 0.454 e. The van der Waals surface area contributed by atoms with E-state index >= 15 is 0 Å². The zero-order valence-corrected chi connectivity index (χ0v) is 17.0. The summed E-state index contributed by atoms with van der Waals surface area (Å²) in [4.78, 5) is 35.8. The van der Waals surface area contributed by atoms with Crippen LogP contribution in [0.2, 0.25) is 0 Å². The van der Waals surface area contributed by atoms with Crippen LogP contribution in [0, 0.1) is 0 Å². The number of carbonyl (C=O) groups is 1. The monoisotopic (exact) mass is 415 g/mol. The van der Waals surface area contributed by atoms with E-state index in [1.807, 2.05) is 32.0 Å². The van der Waals surface area contributed by atoms with Crippen molar-refractivity contribution in [2.75, 3.05) is 24.8 Å². The summed E-state index contributed by atoms with van der Waals surface area (Å²) in [6.45, 7) is 6.09. The summed E-state index contributed by atoms with van der Waals surface area (Å²) in [7, 11) is 0. The van der Waals surface area contributed by atoms with Gasteiger partial charge >= 0.3 is 0 Å². The first-order valence-corrected chi connectivity index (χ1v) is 10.2. The average Bonchev–Trinajstić information content (AvgIpc) is 3.36. The number of amides is 1. The highest BCUT2D eigenvalue weighted by Gasteiger charge is 2.16. The van der Waals surface area contributed by atoms with E-state index in [1.54, 1.807) is 0 Å². The fraction of sp³-hybridized carbons (Fsp3) is 0.368. The van der Waals surface area contributed by atoms with Crippen LogP contribution in [0.4, 0.5) is 5.13 Å². The van der Waals surface area contributed by atoms with Crippen LogP contribution in [0.1, 0.15) is 19.4 Å². The number of rotatable bonds is 7. The number of thiazole rings is 1. The smallest absolute Gasteiger partial charge is 0.273 e. The van der Waals surface area contributed by atoms with Gasteiger partial charge in [0, 0.05) is 19.6 Å². The van der Waals surface area contributed by atoms with Crippen molar-refractivity contribution in [3.63, 3.8) is 0 Å². The molecule has 0 fully saturated rings. The number of nitrogens with one attached hydrogen (secondary N) is 1. The van der Waals surface area contributed by atoms with Gasteiger partial charge in [-0.1, -0.05) is 17.4 Å². The predicted molar refractivity (Wildman–Crippen MR) is 110 cm³/mol. The second kappa shape index (κ2) is 8.08. The number of aromatic nitrogens is 3. The Bertz CT molecular complexity index is 1110. The van der Waals surface area contributed by atoms with E-state index in [-0.39, 0.29) is 24.8 Å². The highest BCUT2D eigenvalue weighted by Crippen LogP contribution is 2.32. The molecule has 0 radical (unpaired) electrons. The molecule has 3 aromatic rings. The molecule has 0 atom stereocenters. The van der Waals surface area contributed by atoms with Gasteiger partial charge < -0.3 is 19.7 Å². The van der Waals surface area contributed by atoms with Crippen molar-refractivity contribution in [2.45, 2.75) is 26.9 Å². The second-order valence-electron chi connectivity index (χ2n) is 6.46. The van der Waals surface area contributed by atoms with Crippen LogP contribution in [0.3, 0.4) is 0 Å². The summed E-state index contributed by atoms with van der Waals surface area (Å²) in [6.07, 6.45) is 1.37. The third kappa shape index (κ3) is 3.88. The van der Waals surface area contributed by atoms with Gasteiger partial charge in [0.2, 0.25) is 12.7 Å². The molecule has 0 bridgehead atoms. The molecule has 0 saturated heterocycles. The zero-order valence-electron chi connectivity index (χ0n) is 16.2. The number of fused-ring (bicyclic) bond motifs is 2. The van der Waals surface area contributed by atoms with E-state index in [1.165, 1.54) is 22.2 Å². The molecule has 3 heterocycles. The first-order chi connectivity index (χ1) is 14.1. The summed E-state index contributed by atoms with van der Waals surface area (Å²) < 4.78 is 12.4. The van der Waals surface area contributed by atoms with Gasteiger partial charge in [0.05, 0.1) is 0 Å². The molecule has 1 aromatic carbocycles. The first kappa shape index (κ1) is 19.2. The molecule has 0 aliphatic carbocycles. The molecule has 152 valence electrons. The molecular formula is C19H21N5O4S. The SMILES string of the molecule is CCN(CC)c1nc2ncn(CC(=O)NCc3ccc4c(c3)OCO4)c(=O)c2s1. The Morgan fingerprint density at radius 1 is 1.28 bits per heavy atom. The summed E-state index contributed by atoms with van der Waals surface area (Å²) in [6, 6.07) is 5.50. The number of carbonyl (C=O) groups excluding carboxylic acids is 1. The van der Waals surface area contributed by atoms with Crippen molar-refractivity contribution < 1.29 is 14.3 Å². The standard InChI is InChI=1S/C19H21N5O4S/c1-3-23(4-2)19-22-17-16(29-19)18(26)24(10-21-17)9-15(25)20-8-12-5-6-13-14(7-12)28-11-27-13/h5-7,10H,3-4,8-9,11H2,1-2H3,(H,20,25). The fourth-order valence-corrected chi connectivity index (χ4v) is 4.14. The minimum Gasteiger partial charge on any atom is -0.454 e. The highest BCUT2D eigenvalue weighted by atomic mass is 32.1. The van der Waals surface area contributed by atoms with Crippen molar-refractivity contribution in [3.8, 4) is 11.5 Å². The van der Waals surface area contributed by atoms with Crippen LogP contribution in [0.5, 0.6) is 11.5 Å². The van der Waals surface area contributed by atoms with Crippen molar-refractivity contribution >= 4 is 32.7 Å². The van der Waals surface area contributed by atoms with E-state index < -0.39 is 0 Å². The van der Waals surface area contributed by atoms with Crippen LogP contribution >= 0.6 is 11.3 Å². The van der Waals surface area contributed by atoms with Crippen LogP contribution in [0.15, 0.2) is 29.3 Å². The predicted octanol–water partition coefficient (Wildman–Crippen LogP) is 1.74. The van der Waals surface area contributed by atoms with E-state index in [2.05, 4.69) is 20.2 Å². The Morgan fingerprint density at radius 3 is 2.86 bits per heavy atom. The van der Waals surface area contributed by atoms with Crippen molar-refractivity contribution in [3.05, 3.63) is 40.4 Å². The fourth-order valence-electron chi connectivity index (χ4n) is 3.04. The Balaban J connectivity index is 1.45. The van der Waals surface area contributed by atoms with Gasteiger partial charge in [-0.2, -0.15) is 4.98 Å². The molecule has 1 amide bonds. The van der Waals surface area contributed by atoms with Gasteiger partial charge in [-0.25, -0.2) is 4.98 Å². The lowest BCUT2D eigenvalue weighted by molar-refractivity contribution is -0.121. The topological polar surface area (TPSA) is 98.6 Å². The van der Waals surface area contributed by atoms with Crippen LogP contribution in [-0.4, -0.2) is 40.3 Å². The molecule has 1 N–H and O–H groups in total. The second-order valence-corrected chi connectivity index (χ2v) is 7.44. The average molecular weight is 415 g/mol. The van der Waals surface area contributed by atoms with Crippen molar-refractivity contribution in [2.24, 2.45) is 0 Å². The summed E-state index contributed by atoms with van der Waals surface area (Å²) >= 11 is 1.31. The lowest BCUT2D eigenvalue weighted by Gasteiger charge is -2.15. The van der Waals surface area contributed by atoms with Gasteiger partial charge in [0.15, 0.2) is 22.3 Å². The molecule has 10 heteroatoms. The zero-order chi connectivity index (χ0) is 20.4. The highest BCUT2D eigenvalue weighted by molar-refractivity contribution is 7.22. The van der Waals surface area contributed by atoms with Crippen molar-refractivity contribution in [1.29, 1.82) is 0 Å². The Morgan fingerprint density at radius 2 is 2.07 bits per heavy atom. The van der Waals surface area contributed by atoms with E-state index in [0.717, 1.165) is 23.8 Å². The van der Waals surface area contributed by atoms with Gasteiger partial charge in [0.1, 0.15) is 17.6 Å². The number of benzene rings is 1. The summed E-state index contributed by atoms with van der Waals surface area (Å²) in [5.74, 6) is 1.08. The van der Waals surface area contributed by atoms with E-state index in [4.69, 9.17) is 9.47 Å². The summed E-state index contributed by atoms with van der Waals surface area (Å²) in [5, 5.41) is 3.58. The molecule has 0 unspecified atom stereocenters. The summed E-state index contributed by atoms with van der Waals surface area (Å²) in [5.41, 5.74) is 1.04. The molecule has 0 spiro atoms. The van der Waals surface area contributed by atoms with Gasteiger partial charge in [-0.3, -0.25) is 14.2 Å². The van der Waals surface area contributed by atoms with Crippen molar-refractivity contribution in [1.82, 2.24) is 19.9 Å². The number of hydrogen-bond donors (Lipinski definition) is 1. The molecular weight excluding hydrogens is 394 g/mol. The Hall–Kier alpha value is -3.14. The van der Waals surface area contributed by atoms with E-state index in [0.29, 0.717) is 28.4 Å². The number of nitrogens with zero attached hydrogens (tertiary/aromatic N) is 4. The molecule has 29 heavy (non-hydrogen) atoms. The molecule has 2 aromatic heterocycles. The van der Waals surface area contributed by atoms with Gasteiger partial charge in [-0.05, 0) is 31.5 Å². The molecule has 1 aliphatic heterocycles. The molecule has 4 rings (SSSR count). The lowest BCUT2D eigenvalue weighted by Crippen LogP contribution is -2.31. The van der Waals surface area contributed by atoms with Crippen LogP contribution < -0.4 is 25.2 Å². The van der Waals surface area contributed by atoms with Gasteiger partial charge in [-0.15, -0.1) is 0 Å². The quantitative estimate of drug-likeness (QED) is 0.628.